The lowest BCUT2D eigenvalue weighted by Crippen LogP contribution is -2.16. The fourth-order valence-electron chi connectivity index (χ4n) is 2.42. The maximum absolute atomic E-state index is 14.0. The summed E-state index contributed by atoms with van der Waals surface area (Å²) in [5, 5.41) is 0.263. The lowest BCUT2D eigenvalue weighted by atomic mass is 10.1. The zero-order chi connectivity index (χ0) is 19.2. The van der Waals surface area contributed by atoms with E-state index in [9.17, 15) is 4.39 Å². The van der Waals surface area contributed by atoms with Crippen molar-refractivity contribution in [1.82, 2.24) is 0 Å². The maximum atomic E-state index is 14.0. The SMILES string of the molecule is CC.CCCCCCOCC(Oc1c(F)cccc1Cl)c1ccccc1. The van der Waals surface area contributed by atoms with Crippen LogP contribution in [0.3, 0.4) is 0 Å². The molecule has 0 saturated heterocycles. The molecule has 0 heterocycles. The molecule has 0 saturated carbocycles. The predicted octanol–water partition coefficient (Wildman–Crippen LogP) is 7.22. The van der Waals surface area contributed by atoms with Crippen molar-refractivity contribution in [2.45, 2.75) is 52.6 Å². The van der Waals surface area contributed by atoms with E-state index in [1.807, 2.05) is 44.2 Å². The van der Waals surface area contributed by atoms with Crippen LogP contribution in [0.2, 0.25) is 5.02 Å². The van der Waals surface area contributed by atoms with E-state index in [2.05, 4.69) is 6.92 Å². The predicted molar refractivity (Wildman–Crippen MR) is 108 cm³/mol. The highest BCUT2D eigenvalue weighted by Crippen LogP contribution is 2.31. The van der Waals surface area contributed by atoms with Crippen LogP contribution in [0.15, 0.2) is 48.5 Å². The Labute approximate surface area is 162 Å². The molecule has 4 heteroatoms. The van der Waals surface area contributed by atoms with Gasteiger partial charge in [0.1, 0.15) is 6.10 Å². The second-order valence-corrected chi connectivity index (χ2v) is 6.11. The molecular weight excluding hydrogens is 351 g/mol. The van der Waals surface area contributed by atoms with Crippen LogP contribution in [0.4, 0.5) is 4.39 Å². The zero-order valence-corrected chi connectivity index (χ0v) is 16.8. The van der Waals surface area contributed by atoms with Gasteiger partial charge in [-0.15, -0.1) is 0 Å². The average Bonchev–Trinajstić information content (AvgIpc) is 2.68. The second-order valence-electron chi connectivity index (χ2n) is 5.70. The van der Waals surface area contributed by atoms with Gasteiger partial charge in [0.15, 0.2) is 11.6 Å². The molecule has 2 nitrogen and oxygen atoms in total. The smallest absolute Gasteiger partial charge is 0.174 e. The first-order chi connectivity index (χ1) is 12.7. The third kappa shape index (κ3) is 7.76. The molecule has 0 aliphatic carbocycles. The van der Waals surface area contributed by atoms with Gasteiger partial charge in [-0.1, -0.05) is 88.0 Å². The third-order valence-electron chi connectivity index (χ3n) is 3.76. The Morgan fingerprint density at radius 2 is 1.69 bits per heavy atom. The number of rotatable bonds is 10. The van der Waals surface area contributed by atoms with Crippen molar-refractivity contribution < 1.29 is 13.9 Å². The van der Waals surface area contributed by atoms with E-state index in [-0.39, 0.29) is 10.8 Å². The Balaban J connectivity index is 0.00000163. The topological polar surface area (TPSA) is 18.5 Å². The first-order valence-corrected chi connectivity index (χ1v) is 9.83. The maximum Gasteiger partial charge on any atom is 0.174 e. The molecule has 26 heavy (non-hydrogen) atoms. The lowest BCUT2D eigenvalue weighted by Gasteiger charge is -2.21. The van der Waals surface area contributed by atoms with Crippen LogP contribution in [0.25, 0.3) is 0 Å². The van der Waals surface area contributed by atoms with E-state index >= 15 is 0 Å². The van der Waals surface area contributed by atoms with E-state index < -0.39 is 11.9 Å². The molecule has 0 radical (unpaired) electrons. The number of hydrogen-bond donors (Lipinski definition) is 0. The Bertz CT molecular complexity index is 584. The molecule has 0 bridgehead atoms. The Morgan fingerprint density at radius 1 is 0.962 bits per heavy atom. The fraction of sp³-hybridized carbons (Fsp3) is 0.455. The first-order valence-electron chi connectivity index (χ1n) is 9.45. The van der Waals surface area contributed by atoms with Gasteiger partial charge in [0.05, 0.1) is 11.6 Å². The number of benzene rings is 2. The molecule has 1 atom stereocenters. The van der Waals surface area contributed by atoms with E-state index in [0.29, 0.717) is 13.2 Å². The standard InChI is InChI=1S/C20H24ClFO2.C2H6/c1-2-3-4-8-14-23-15-19(16-10-6-5-7-11-16)24-20-17(21)12-9-13-18(20)22;1-2/h5-7,9-13,19H,2-4,8,14-15H2,1H3;1-2H3. The van der Waals surface area contributed by atoms with Gasteiger partial charge >= 0.3 is 0 Å². The molecule has 144 valence electrons. The van der Waals surface area contributed by atoms with Gasteiger partial charge in [-0.05, 0) is 24.1 Å². The number of para-hydroxylation sites is 1. The van der Waals surface area contributed by atoms with Crippen molar-refractivity contribution in [3.05, 3.63) is 64.9 Å². The van der Waals surface area contributed by atoms with Crippen molar-refractivity contribution in [1.29, 1.82) is 0 Å². The number of hydrogen-bond acceptors (Lipinski definition) is 2. The molecule has 2 rings (SSSR count). The van der Waals surface area contributed by atoms with Gasteiger partial charge < -0.3 is 9.47 Å². The molecule has 2 aromatic rings. The molecule has 0 spiro atoms. The minimum Gasteiger partial charge on any atom is -0.479 e. The molecule has 0 aromatic heterocycles. The molecule has 0 fully saturated rings. The number of unbranched alkanes of at least 4 members (excludes halogenated alkanes) is 3. The average molecular weight is 381 g/mol. The lowest BCUT2D eigenvalue weighted by molar-refractivity contribution is 0.0457. The van der Waals surface area contributed by atoms with Crippen LogP contribution < -0.4 is 4.74 Å². The largest absolute Gasteiger partial charge is 0.479 e. The van der Waals surface area contributed by atoms with E-state index in [4.69, 9.17) is 21.1 Å². The highest BCUT2D eigenvalue weighted by molar-refractivity contribution is 6.32. The molecule has 0 aliphatic heterocycles. The highest BCUT2D eigenvalue weighted by Gasteiger charge is 2.18. The van der Waals surface area contributed by atoms with Crippen LogP contribution in [0.1, 0.15) is 58.1 Å². The number of halogens is 2. The van der Waals surface area contributed by atoms with Crippen molar-refractivity contribution >= 4 is 11.6 Å². The summed E-state index contributed by atoms with van der Waals surface area (Å²) in [6.45, 7) is 7.22. The summed E-state index contributed by atoms with van der Waals surface area (Å²) in [7, 11) is 0. The van der Waals surface area contributed by atoms with Crippen molar-refractivity contribution in [3.63, 3.8) is 0 Å². The van der Waals surface area contributed by atoms with Crippen LogP contribution in [0.5, 0.6) is 5.75 Å². The van der Waals surface area contributed by atoms with Gasteiger partial charge in [-0.3, -0.25) is 0 Å². The summed E-state index contributed by atoms with van der Waals surface area (Å²) < 4.78 is 25.6. The van der Waals surface area contributed by atoms with Crippen molar-refractivity contribution in [2.24, 2.45) is 0 Å². The van der Waals surface area contributed by atoms with E-state index in [1.54, 1.807) is 12.1 Å². The third-order valence-corrected chi connectivity index (χ3v) is 4.06. The van der Waals surface area contributed by atoms with Crippen LogP contribution in [0, 0.1) is 5.82 Å². The van der Waals surface area contributed by atoms with Crippen molar-refractivity contribution in [3.8, 4) is 5.75 Å². The van der Waals surface area contributed by atoms with E-state index in [0.717, 1.165) is 18.4 Å². The molecule has 2 aromatic carbocycles. The fourth-order valence-corrected chi connectivity index (χ4v) is 2.63. The van der Waals surface area contributed by atoms with Gasteiger partial charge in [-0.2, -0.15) is 0 Å². The first kappa shape index (κ1) is 22.5. The summed E-state index contributed by atoms with van der Waals surface area (Å²) in [6, 6.07) is 14.2. The van der Waals surface area contributed by atoms with Crippen LogP contribution in [-0.4, -0.2) is 13.2 Å². The Kier molecular flexibility index (Phi) is 11.7. The molecular formula is C22H30ClFO2. The monoisotopic (exact) mass is 380 g/mol. The zero-order valence-electron chi connectivity index (χ0n) is 16.0. The van der Waals surface area contributed by atoms with Gasteiger partial charge in [0, 0.05) is 6.61 Å². The second kappa shape index (κ2) is 13.6. The molecule has 0 amide bonds. The minimum absolute atomic E-state index is 0.0719. The Morgan fingerprint density at radius 3 is 2.35 bits per heavy atom. The van der Waals surface area contributed by atoms with Crippen LogP contribution >= 0.6 is 11.6 Å². The highest BCUT2D eigenvalue weighted by atomic mass is 35.5. The minimum atomic E-state index is -0.466. The van der Waals surface area contributed by atoms with Crippen molar-refractivity contribution in [2.75, 3.05) is 13.2 Å². The van der Waals surface area contributed by atoms with Gasteiger partial charge in [0.2, 0.25) is 0 Å². The van der Waals surface area contributed by atoms with Gasteiger partial charge in [0.25, 0.3) is 0 Å². The summed E-state index contributed by atoms with van der Waals surface area (Å²) in [4.78, 5) is 0. The summed E-state index contributed by atoms with van der Waals surface area (Å²) in [5.41, 5.74) is 0.936. The van der Waals surface area contributed by atoms with Crippen LogP contribution in [-0.2, 0) is 4.74 Å². The number of ether oxygens (including phenoxy) is 2. The molecule has 0 N–H and O–H groups in total. The van der Waals surface area contributed by atoms with Gasteiger partial charge in [-0.25, -0.2) is 4.39 Å². The van der Waals surface area contributed by atoms with E-state index in [1.165, 1.54) is 18.9 Å². The summed E-state index contributed by atoms with van der Waals surface area (Å²) >= 11 is 6.07. The normalized spacial score (nSPS) is 11.4. The molecule has 1 unspecified atom stereocenters. The quantitative estimate of drug-likeness (QED) is 0.405. The Hall–Kier alpha value is -1.58. The molecule has 0 aliphatic rings. The summed E-state index contributed by atoms with van der Waals surface area (Å²) in [5.74, 6) is -0.394. The summed E-state index contributed by atoms with van der Waals surface area (Å²) in [6.07, 6.45) is 4.20.